The maximum absolute atomic E-state index is 11.0. The molecule has 0 unspecified atom stereocenters. The first-order chi connectivity index (χ1) is 8.86. The van der Waals surface area contributed by atoms with E-state index in [1.54, 1.807) is 6.92 Å². The molecule has 0 aliphatic rings. The molecule has 0 heterocycles. The van der Waals surface area contributed by atoms with Gasteiger partial charge in [0.1, 0.15) is 11.5 Å². The van der Waals surface area contributed by atoms with E-state index in [0.717, 1.165) is 17.9 Å². The van der Waals surface area contributed by atoms with Crippen molar-refractivity contribution in [3.05, 3.63) is 29.3 Å². The second kappa shape index (κ2) is 6.71. The van der Waals surface area contributed by atoms with Gasteiger partial charge in [0, 0.05) is 12.0 Å². The molecule has 0 bridgehead atoms. The second-order valence-corrected chi connectivity index (χ2v) is 5.60. The second-order valence-electron chi connectivity index (χ2n) is 5.60. The molecule has 3 heteroatoms. The number of aryl methyl sites for hydroxylation is 1. The van der Waals surface area contributed by atoms with Gasteiger partial charge in [0.15, 0.2) is 0 Å². The lowest BCUT2D eigenvalue weighted by Gasteiger charge is -2.26. The van der Waals surface area contributed by atoms with Crippen LogP contribution in [0.4, 0.5) is 0 Å². The van der Waals surface area contributed by atoms with Crippen molar-refractivity contribution in [2.24, 2.45) is 0 Å². The lowest BCUT2D eigenvalue weighted by molar-refractivity contribution is -0.116. The summed E-state index contributed by atoms with van der Waals surface area (Å²) in [6.07, 6.45) is 0. The zero-order valence-electron chi connectivity index (χ0n) is 12.7. The number of benzene rings is 1. The number of hydrogen-bond acceptors (Lipinski definition) is 3. The number of carbonyl (C=O) groups is 1. The van der Waals surface area contributed by atoms with Crippen LogP contribution in [0.3, 0.4) is 0 Å². The number of Topliss-reactive ketones (excluding diaryl/α,β-unsaturated/α-hetero) is 1. The zero-order chi connectivity index (χ0) is 14.5. The summed E-state index contributed by atoms with van der Waals surface area (Å²) in [6.45, 7) is 11.9. The first-order valence-electron chi connectivity index (χ1n) is 6.81. The molecule has 106 valence electrons. The highest BCUT2D eigenvalue weighted by atomic mass is 16.5. The molecule has 19 heavy (non-hydrogen) atoms. The van der Waals surface area contributed by atoms with E-state index in [0.29, 0.717) is 13.2 Å². The fourth-order valence-electron chi connectivity index (χ4n) is 2.04. The van der Waals surface area contributed by atoms with Crippen molar-refractivity contribution in [2.45, 2.75) is 40.0 Å². The summed E-state index contributed by atoms with van der Waals surface area (Å²) in [4.78, 5) is 11.0. The van der Waals surface area contributed by atoms with Crippen LogP contribution < -0.4 is 10.1 Å². The number of rotatable bonds is 7. The number of nitrogens with one attached hydrogen (secondary N) is 1. The van der Waals surface area contributed by atoms with Crippen LogP contribution in [0.1, 0.15) is 38.8 Å². The van der Waals surface area contributed by atoms with Crippen LogP contribution in [0.15, 0.2) is 18.2 Å². The molecule has 1 aromatic rings. The number of hydrogen-bond donors (Lipinski definition) is 1. The van der Waals surface area contributed by atoms with Crippen LogP contribution in [0, 0.1) is 6.92 Å². The minimum absolute atomic E-state index is 0.00897. The van der Waals surface area contributed by atoms with Gasteiger partial charge < -0.3 is 10.1 Å². The highest BCUT2D eigenvalue weighted by Gasteiger charge is 2.21. The Morgan fingerprint density at radius 3 is 2.58 bits per heavy atom. The van der Waals surface area contributed by atoms with Crippen molar-refractivity contribution >= 4 is 5.78 Å². The molecule has 0 amide bonds. The average Bonchev–Trinajstić information content (AvgIpc) is 2.31. The predicted molar refractivity (Wildman–Crippen MR) is 78.9 cm³/mol. The number of ether oxygens (including phenoxy) is 1. The molecule has 0 aliphatic heterocycles. The summed E-state index contributed by atoms with van der Waals surface area (Å²) < 4.78 is 5.56. The Morgan fingerprint density at radius 1 is 1.37 bits per heavy atom. The summed E-state index contributed by atoms with van der Waals surface area (Å²) >= 11 is 0. The van der Waals surface area contributed by atoms with Gasteiger partial charge >= 0.3 is 0 Å². The van der Waals surface area contributed by atoms with Crippen LogP contribution in [0.25, 0.3) is 0 Å². The van der Waals surface area contributed by atoms with E-state index >= 15 is 0 Å². The van der Waals surface area contributed by atoms with Gasteiger partial charge in [0.05, 0.1) is 13.2 Å². The fourth-order valence-corrected chi connectivity index (χ4v) is 2.04. The van der Waals surface area contributed by atoms with E-state index in [9.17, 15) is 4.79 Å². The van der Waals surface area contributed by atoms with Crippen molar-refractivity contribution in [1.82, 2.24) is 5.32 Å². The first kappa shape index (κ1) is 15.7. The maximum Gasteiger partial charge on any atom is 0.143 e. The summed E-state index contributed by atoms with van der Waals surface area (Å²) in [6, 6.07) is 6.30. The van der Waals surface area contributed by atoms with Gasteiger partial charge in [-0.1, -0.05) is 26.0 Å². The molecule has 1 rings (SSSR count). The third kappa shape index (κ3) is 4.67. The summed E-state index contributed by atoms with van der Waals surface area (Å²) in [7, 11) is 0. The Morgan fingerprint density at radius 2 is 2.05 bits per heavy atom. The number of ketones is 1. The van der Waals surface area contributed by atoms with E-state index in [4.69, 9.17) is 4.74 Å². The van der Waals surface area contributed by atoms with Crippen LogP contribution in [-0.4, -0.2) is 25.5 Å². The Hall–Kier alpha value is -1.35. The highest BCUT2D eigenvalue weighted by Crippen LogP contribution is 2.27. The Labute approximate surface area is 116 Å². The Bertz CT molecular complexity index is 438. The van der Waals surface area contributed by atoms with Gasteiger partial charge in [-0.2, -0.15) is 0 Å². The van der Waals surface area contributed by atoms with Crippen molar-refractivity contribution in [1.29, 1.82) is 0 Å². The SMILES string of the molecule is CCOc1ccc(C(C)(C)CNCC(C)=O)cc1C. The molecule has 0 fully saturated rings. The van der Waals surface area contributed by atoms with E-state index in [1.807, 2.05) is 13.0 Å². The standard InChI is InChI=1S/C16H25NO2/c1-6-19-15-8-7-14(9-12(15)2)16(4,5)11-17-10-13(3)18/h7-9,17H,6,10-11H2,1-5H3. The number of carbonyl (C=O) groups excluding carboxylic acids is 1. The largest absolute Gasteiger partial charge is 0.494 e. The third-order valence-electron chi connectivity index (χ3n) is 3.20. The normalized spacial score (nSPS) is 11.4. The van der Waals surface area contributed by atoms with Gasteiger partial charge in [-0.25, -0.2) is 0 Å². The molecular weight excluding hydrogens is 238 g/mol. The molecule has 0 aliphatic carbocycles. The van der Waals surface area contributed by atoms with E-state index in [-0.39, 0.29) is 11.2 Å². The van der Waals surface area contributed by atoms with Crippen LogP contribution in [-0.2, 0) is 10.2 Å². The molecule has 3 nitrogen and oxygen atoms in total. The lowest BCUT2D eigenvalue weighted by atomic mass is 9.83. The van der Waals surface area contributed by atoms with Crippen LogP contribution >= 0.6 is 0 Å². The summed E-state index contributed by atoms with van der Waals surface area (Å²) in [5.74, 6) is 1.11. The molecule has 1 N–H and O–H groups in total. The van der Waals surface area contributed by atoms with Gasteiger partial charge in [-0.15, -0.1) is 0 Å². The predicted octanol–water partition coefficient (Wildman–Crippen LogP) is 2.85. The molecule has 0 saturated heterocycles. The molecule has 0 aromatic heterocycles. The van der Waals surface area contributed by atoms with E-state index in [2.05, 4.69) is 38.2 Å². The zero-order valence-corrected chi connectivity index (χ0v) is 12.7. The molecule has 0 radical (unpaired) electrons. The summed E-state index contributed by atoms with van der Waals surface area (Å²) in [5, 5.41) is 3.20. The average molecular weight is 263 g/mol. The quantitative estimate of drug-likeness (QED) is 0.822. The van der Waals surface area contributed by atoms with E-state index in [1.165, 1.54) is 5.56 Å². The lowest BCUT2D eigenvalue weighted by Crippen LogP contribution is -2.35. The van der Waals surface area contributed by atoms with Crippen molar-refractivity contribution in [2.75, 3.05) is 19.7 Å². The van der Waals surface area contributed by atoms with Crippen molar-refractivity contribution < 1.29 is 9.53 Å². The summed E-state index contributed by atoms with van der Waals surface area (Å²) in [5.41, 5.74) is 2.40. The minimum atomic E-state index is -0.00897. The minimum Gasteiger partial charge on any atom is -0.494 e. The molecular formula is C16H25NO2. The topological polar surface area (TPSA) is 38.3 Å². The van der Waals surface area contributed by atoms with Gasteiger partial charge in [0.2, 0.25) is 0 Å². The smallest absolute Gasteiger partial charge is 0.143 e. The molecule has 0 saturated carbocycles. The van der Waals surface area contributed by atoms with Crippen LogP contribution in [0.2, 0.25) is 0 Å². The van der Waals surface area contributed by atoms with Gasteiger partial charge in [-0.3, -0.25) is 4.79 Å². The first-order valence-corrected chi connectivity index (χ1v) is 6.81. The fraction of sp³-hybridized carbons (Fsp3) is 0.562. The molecule has 0 atom stereocenters. The Balaban J connectivity index is 2.77. The monoisotopic (exact) mass is 263 g/mol. The molecule has 1 aromatic carbocycles. The van der Waals surface area contributed by atoms with Gasteiger partial charge in [-0.05, 0) is 38.0 Å². The maximum atomic E-state index is 11.0. The molecule has 0 spiro atoms. The highest BCUT2D eigenvalue weighted by molar-refractivity contribution is 5.77. The van der Waals surface area contributed by atoms with Crippen molar-refractivity contribution in [3.8, 4) is 5.75 Å². The van der Waals surface area contributed by atoms with Crippen LogP contribution in [0.5, 0.6) is 5.75 Å². The van der Waals surface area contributed by atoms with Crippen molar-refractivity contribution in [3.63, 3.8) is 0 Å². The Kier molecular flexibility index (Phi) is 5.55. The van der Waals surface area contributed by atoms with Gasteiger partial charge in [0.25, 0.3) is 0 Å². The van der Waals surface area contributed by atoms with E-state index < -0.39 is 0 Å². The third-order valence-corrected chi connectivity index (χ3v) is 3.20.